The maximum atomic E-state index is 12.4. The molecule has 0 radical (unpaired) electrons. The summed E-state index contributed by atoms with van der Waals surface area (Å²) in [6.45, 7) is 2.50. The Balaban J connectivity index is 2.11. The van der Waals surface area contributed by atoms with E-state index in [1.165, 1.54) is 6.33 Å². The van der Waals surface area contributed by atoms with Crippen molar-refractivity contribution in [1.82, 2.24) is 14.9 Å². The van der Waals surface area contributed by atoms with Crippen molar-refractivity contribution in [3.8, 4) is 0 Å². The summed E-state index contributed by atoms with van der Waals surface area (Å²) in [6, 6.07) is -0.469. The fraction of sp³-hybridized carbons (Fsp3) is 0.750. The second kappa shape index (κ2) is 5.30. The molecule has 0 aromatic carbocycles. The molecule has 1 saturated heterocycles. The van der Waals surface area contributed by atoms with Gasteiger partial charge in [-0.3, -0.25) is 0 Å². The number of hydrogen-bond acceptors (Lipinski definition) is 2. The van der Waals surface area contributed by atoms with E-state index in [9.17, 15) is 13.2 Å². The van der Waals surface area contributed by atoms with Crippen LogP contribution in [0.25, 0.3) is 0 Å². The molecule has 1 aliphatic heterocycles. The molecular weight excluding hydrogens is 243 g/mol. The molecule has 1 aromatic rings. The Morgan fingerprint density at radius 2 is 2.28 bits per heavy atom. The third kappa shape index (κ3) is 3.25. The van der Waals surface area contributed by atoms with Gasteiger partial charge in [0, 0.05) is 18.3 Å². The molecule has 1 aliphatic rings. The minimum Gasteiger partial charge on any atom is -0.330 e. The third-order valence-electron chi connectivity index (χ3n) is 3.37. The highest BCUT2D eigenvalue weighted by molar-refractivity contribution is 5.07. The first-order chi connectivity index (χ1) is 8.47. The van der Waals surface area contributed by atoms with E-state index in [1.54, 1.807) is 17.7 Å². The Morgan fingerprint density at radius 1 is 1.50 bits per heavy atom. The van der Waals surface area contributed by atoms with Crippen molar-refractivity contribution in [2.75, 3.05) is 6.54 Å². The number of aromatic nitrogens is 2. The monoisotopic (exact) mass is 261 g/mol. The zero-order valence-corrected chi connectivity index (χ0v) is 10.4. The Morgan fingerprint density at radius 3 is 2.89 bits per heavy atom. The van der Waals surface area contributed by atoms with Gasteiger partial charge in [-0.15, -0.1) is 0 Å². The standard InChI is InChI=1S/C12H18F3N3/c1-9(6-12(13,14)15)18-8-16-7-11(18)10-4-2-3-5-17-10/h7-10,17H,2-6H2,1H3. The first-order valence-corrected chi connectivity index (χ1v) is 6.29. The van der Waals surface area contributed by atoms with E-state index < -0.39 is 18.6 Å². The van der Waals surface area contributed by atoms with Gasteiger partial charge in [0.25, 0.3) is 0 Å². The van der Waals surface area contributed by atoms with Crippen molar-refractivity contribution in [2.45, 2.75) is 50.9 Å². The first-order valence-electron chi connectivity index (χ1n) is 6.29. The lowest BCUT2D eigenvalue weighted by Crippen LogP contribution is -2.29. The lowest BCUT2D eigenvalue weighted by Gasteiger charge is -2.26. The zero-order valence-electron chi connectivity index (χ0n) is 10.4. The summed E-state index contributed by atoms with van der Waals surface area (Å²) >= 11 is 0. The molecule has 2 unspecified atom stereocenters. The molecule has 0 saturated carbocycles. The van der Waals surface area contributed by atoms with Crippen LogP contribution in [-0.2, 0) is 0 Å². The quantitative estimate of drug-likeness (QED) is 0.905. The Hall–Kier alpha value is -1.04. The third-order valence-corrected chi connectivity index (χ3v) is 3.37. The normalized spacial score (nSPS) is 23.0. The van der Waals surface area contributed by atoms with Crippen LogP contribution in [0.3, 0.4) is 0 Å². The van der Waals surface area contributed by atoms with Crippen LogP contribution >= 0.6 is 0 Å². The Kier molecular flexibility index (Phi) is 3.94. The van der Waals surface area contributed by atoms with Crippen LogP contribution in [0.4, 0.5) is 13.2 Å². The van der Waals surface area contributed by atoms with Gasteiger partial charge in [0.2, 0.25) is 0 Å². The van der Waals surface area contributed by atoms with Gasteiger partial charge in [-0.2, -0.15) is 13.2 Å². The number of nitrogens with one attached hydrogen (secondary N) is 1. The highest BCUT2D eigenvalue weighted by Gasteiger charge is 2.32. The van der Waals surface area contributed by atoms with Crippen LogP contribution in [0.2, 0.25) is 0 Å². The highest BCUT2D eigenvalue weighted by Crippen LogP contribution is 2.31. The molecule has 2 atom stereocenters. The van der Waals surface area contributed by atoms with Gasteiger partial charge in [0.1, 0.15) is 0 Å². The van der Waals surface area contributed by atoms with Crippen LogP contribution in [0, 0.1) is 0 Å². The summed E-state index contributed by atoms with van der Waals surface area (Å²) < 4.78 is 38.9. The zero-order chi connectivity index (χ0) is 13.2. The van der Waals surface area contributed by atoms with Crippen molar-refractivity contribution < 1.29 is 13.2 Å². The SMILES string of the molecule is CC(CC(F)(F)F)n1cncc1C1CCCCN1. The predicted octanol–water partition coefficient (Wildman–Crippen LogP) is 3.21. The van der Waals surface area contributed by atoms with Crippen molar-refractivity contribution in [3.05, 3.63) is 18.2 Å². The van der Waals surface area contributed by atoms with E-state index in [-0.39, 0.29) is 6.04 Å². The molecule has 6 heteroatoms. The molecule has 3 nitrogen and oxygen atoms in total. The second-order valence-electron chi connectivity index (χ2n) is 4.90. The Labute approximate surface area is 104 Å². The maximum Gasteiger partial charge on any atom is 0.391 e. The van der Waals surface area contributed by atoms with Crippen LogP contribution < -0.4 is 5.32 Å². The van der Waals surface area contributed by atoms with Crippen LogP contribution in [0.15, 0.2) is 12.5 Å². The van der Waals surface area contributed by atoms with Gasteiger partial charge in [0.15, 0.2) is 0 Å². The molecule has 0 aliphatic carbocycles. The van der Waals surface area contributed by atoms with E-state index in [4.69, 9.17) is 0 Å². The number of halogens is 3. The summed E-state index contributed by atoms with van der Waals surface area (Å²) in [4.78, 5) is 4.00. The number of rotatable bonds is 3. The molecular formula is C12H18F3N3. The largest absolute Gasteiger partial charge is 0.391 e. The van der Waals surface area contributed by atoms with E-state index in [0.717, 1.165) is 31.5 Å². The molecule has 0 amide bonds. The van der Waals surface area contributed by atoms with E-state index >= 15 is 0 Å². The van der Waals surface area contributed by atoms with Gasteiger partial charge < -0.3 is 9.88 Å². The number of imidazole rings is 1. The van der Waals surface area contributed by atoms with Gasteiger partial charge in [-0.05, 0) is 26.3 Å². The van der Waals surface area contributed by atoms with E-state index in [0.29, 0.717) is 0 Å². The highest BCUT2D eigenvalue weighted by atomic mass is 19.4. The molecule has 1 N–H and O–H groups in total. The van der Waals surface area contributed by atoms with Gasteiger partial charge in [-0.1, -0.05) is 6.42 Å². The molecule has 1 fully saturated rings. The number of nitrogens with zero attached hydrogens (tertiary/aromatic N) is 2. The molecule has 2 rings (SSSR count). The lowest BCUT2D eigenvalue weighted by molar-refractivity contribution is -0.141. The van der Waals surface area contributed by atoms with Crippen molar-refractivity contribution >= 4 is 0 Å². The molecule has 0 spiro atoms. The minimum atomic E-state index is -4.14. The van der Waals surface area contributed by atoms with E-state index in [1.807, 2.05) is 0 Å². The second-order valence-corrected chi connectivity index (χ2v) is 4.90. The topological polar surface area (TPSA) is 29.9 Å². The smallest absolute Gasteiger partial charge is 0.330 e. The number of hydrogen-bond donors (Lipinski definition) is 1. The predicted molar refractivity (Wildman–Crippen MR) is 62.2 cm³/mol. The van der Waals surface area contributed by atoms with Crippen LogP contribution in [0.5, 0.6) is 0 Å². The first kappa shape index (κ1) is 13.4. The summed E-state index contributed by atoms with van der Waals surface area (Å²) in [5, 5.41) is 3.34. The Bertz CT molecular complexity index is 380. The average Bonchev–Trinajstić information content (AvgIpc) is 2.76. The fourth-order valence-corrected chi connectivity index (χ4v) is 2.49. The summed E-state index contributed by atoms with van der Waals surface area (Å²) in [5.41, 5.74) is 0.867. The minimum absolute atomic E-state index is 0.136. The van der Waals surface area contributed by atoms with Gasteiger partial charge in [0.05, 0.1) is 18.4 Å². The van der Waals surface area contributed by atoms with Gasteiger partial charge in [-0.25, -0.2) is 4.98 Å². The summed E-state index contributed by atoms with van der Waals surface area (Å²) in [5.74, 6) is 0. The lowest BCUT2D eigenvalue weighted by atomic mass is 10.0. The number of piperidine rings is 1. The molecule has 102 valence electrons. The maximum absolute atomic E-state index is 12.4. The molecule has 0 bridgehead atoms. The number of alkyl halides is 3. The summed E-state index contributed by atoms with van der Waals surface area (Å²) in [7, 11) is 0. The fourth-order valence-electron chi connectivity index (χ4n) is 2.49. The molecule has 2 heterocycles. The van der Waals surface area contributed by atoms with Gasteiger partial charge >= 0.3 is 6.18 Å². The van der Waals surface area contributed by atoms with Crippen LogP contribution in [-0.4, -0.2) is 22.3 Å². The van der Waals surface area contributed by atoms with Crippen molar-refractivity contribution in [2.24, 2.45) is 0 Å². The van der Waals surface area contributed by atoms with Crippen molar-refractivity contribution in [3.63, 3.8) is 0 Å². The molecule has 18 heavy (non-hydrogen) atoms. The van der Waals surface area contributed by atoms with Crippen LogP contribution in [0.1, 0.15) is 50.4 Å². The average molecular weight is 261 g/mol. The molecule has 1 aromatic heterocycles. The van der Waals surface area contributed by atoms with Crippen molar-refractivity contribution in [1.29, 1.82) is 0 Å². The summed E-state index contributed by atoms with van der Waals surface area (Å²) in [6.07, 6.45) is 1.42. The van der Waals surface area contributed by atoms with E-state index in [2.05, 4.69) is 10.3 Å².